The highest BCUT2D eigenvalue weighted by molar-refractivity contribution is 5.93. The summed E-state index contributed by atoms with van der Waals surface area (Å²) in [6, 6.07) is 38.5. The van der Waals surface area contributed by atoms with Gasteiger partial charge in [-0.15, -0.1) is 10.2 Å². The predicted octanol–water partition coefficient (Wildman–Crippen LogP) is 7.35. The molecule has 0 saturated carbocycles. The molecule has 37 heavy (non-hydrogen) atoms. The topological polar surface area (TPSA) is 70.2 Å². The van der Waals surface area contributed by atoms with Gasteiger partial charge < -0.3 is 4.98 Å². The van der Waals surface area contributed by atoms with E-state index in [0.29, 0.717) is 12.2 Å². The maximum Gasteiger partial charge on any atom is 0.178 e. The summed E-state index contributed by atoms with van der Waals surface area (Å²) in [4.78, 5) is 3.86. The summed E-state index contributed by atoms with van der Waals surface area (Å²) in [6.45, 7) is 2.24. The Morgan fingerprint density at radius 2 is 1.32 bits per heavy atom. The van der Waals surface area contributed by atoms with E-state index >= 15 is 0 Å². The van der Waals surface area contributed by atoms with Crippen LogP contribution in [-0.2, 0) is 12.8 Å². The number of rotatable bonds is 7. The second kappa shape index (κ2) is 10.1. The van der Waals surface area contributed by atoms with Crippen LogP contribution in [0.15, 0.2) is 109 Å². The Labute approximate surface area is 216 Å². The SMILES string of the molecule is CCc1c(-c2ccccc2-c2cccc(Cc3nn[nH]n3)c2)[nH]c(-c2ccccc2)c1-c1ccccc1. The van der Waals surface area contributed by atoms with Gasteiger partial charge in [-0.1, -0.05) is 121 Å². The smallest absolute Gasteiger partial charge is 0.178 e. The Hall–Kier alpha value is -4.77. The van der Waals surface area contributed by atoms with Crippen molar-refractivity contribution >= 4 is 0 Å². The van der Waals surface area contributed by atoms with Crippen molar-refractivity contribution in [2.45, 2.75) is 19.8 Å². The van der Waals surface area contributed by atoms with E-state index in [9.17, 15) is 0 Å². The van der Waals surface area contributed by atoms with Crippen molar-refractivity contribution in [1.82, 2.24) is 25.6 Å². The van der Waals surface area contributed by atoms with Gasteiger partial charge in [0.2, 0.25) is 0 Å². The first-order valence-corrected chi connectivity index (χ1v) is 12.6. The molecule has 0 fully saturated rings. The van der Waals surface area contributed by atoms with E-state index in [1.54, 1.807) is 0 Å². The fraction of sp³-hybridized carbons (Fsp3) is 0.0938. The second-order valence-electron chi connectivity index (χ2n) is 9.06. The van der Waals surface area contributed by atoms with E-state index in [1.165, 1.54) is 39.1 Å². The molecule has 6 rings (SSSR count). The summed E-state index contributed by atoms with van der Waals surface area (Å²) in [7, 11) is 0. The molecule has 5 nitrogen and oxygen atoms in total. The standard InChI is InChI=1S/C32H27N5/c1-2-26-30(23-13-5-3-6-14-23)31(24-15-7-4-8-16-24)33-32(26)28-19-10-9-18-27(28)25-17-11-12-22(20-25)21-29-34-36-37-35-29/h3-20,33H,2,21H2,1H3,(H,34,35,36,37). The largest absolute Gasteiger partial charge is 0.354 e. The van der Waals surface area contributed by atoms with Gasteiger partial charge in [-0.05, 0) is 39.8 Å². The number of tetrazole rings is 1. The van der Waals surface area contributed by atoms with Gasteiger partial charge in [-0.3, -0.25) is 0 Å². The number of aromatic nitrogens is 5. The molecule has 0 unspecified atom stereocenters. The summed E-state index contributed by atoms with van der Waals surface area (Å²) in [6.07, 6.45) is 1.54. The quantitative estimate of drug-likeness (QED) is 0.250. The molecule has 2 aromatic heterocycles. The average molecular weight is 482 g/mol. The third-order valence-electron chi connectivity index (χ3n) is 6.77. The summed E-state index contributed by atoms with van der Waals surface area (Å²) in [5.74, 6) is 0.683. The number of nitrogens with one attached hydrogen (secondary N) is 2. The van der Waals surface area contributed by atoms with Crippen molar-refractivity contribution in [3.8, 4) is 44.8 Å². The zero-order valence-corrected chi connectivity index (χ0v) is 20.6. The lowest BCUT2D eigenvalue weighted by molar-refractivity contribution is 0.881. The molecule has 0 bridgehead atoms. The second-order valence-corrected chi connectivity index (χ2v) is 9.06. The van der Waals surface area contributed by atoms with Crippen molar-refractivity contribution in [2.24, 2.45) is 0 Å². The van der Waals surface area contributed by atoms with Crippen molar-refractivity contribution in [2.75, 3.05) is 0 Å². The molecular formula is C32H27N5. The first-order chi connectivity index (χ1) is 18.3. The van der Waals surface area contributed by atoms with Gasteiger partial charge in [-0.2, -0.15) is 5.21 Å². The van der Waals surface area contributed by atoms with Gasteiger partial charge in [0.1, 0.15) is 0 Å². The molecule has 0 saturated heterocycles. The highest BCUT2D eigenvalue weighted by Gasteiger charge is 2.21. The van der Waals surface area contributed by atoms with Crippen LogP contribution in [-0.4, -0.2) is 25.6 Å². The Kier molecular flexibility index (Phi) is 6.17. The van der Waals surface area contributed by atoms with Gasteiger partial charge in [0.05, 0.1) is 11.4 Å². The molecule has 0 radical (unpaired) electrons. The minimum absolute atomic E-state index is 0.630. The molecule has 0 aliphatic rings. The van der Waals surface area contributed by atoms with Crippen LogP contribution in [0.25, 0.3) is 44.8 Å². The molecule has 5 heteroatoms. The lowest BCUT2D eigenvalue weighted by atomic mass is 9.91. The van der Waals surface area contributed by atoms with Gasteiger partial charge in [0.25, 0.3) is 0 Å². The molecule has 2 heterocycles. The lowest BCUT2D eigenvalue weighted by Gasteiger charge is -2.12. The van der Waals surface area contributed by atoms with Crippen molar-refractivity contribution in [1.29, 1.82) is 0 Å². The highest BCUT2D eigenvalue weighted by Crippen LogP contribution is 2.43. The molecule has 0 amide bonds. The number of aromatic amines is 2. The summed E-state index contributed by atoms with van der Waals surface area (Å²) in [5.41, 5.74) is 12.0. The van der Waals surface area contributed by atoms with Crippen LogP contribution in [0.1, 0.15) is 23.9 Å². The maximum atomic E-state index is 4.12. The fourth-order valence-corrected chi connectivity index (χ4v) is 5.11. The molecule has 6 aromatic rings. The normalized spacial score (nSPS) is 11.1. The van der Waals surface area contributed by atoms with Crippen LogP contribution in [0.2, 0.25) is 0 Å². The fourth-order valence-electron chi connectivity index (χ4n) is 5.11. The van der Waals surface area contributed by atoms with E-state index < -0.39 is 0 Å². The molecule has 2 N–H and O–H groups in total. The van der Waals surface area contributed by atoms with Crippen LogP contribution < -0.4 is 0 Å². The Bertz CT molecular complexity index is 1620. The number of benzene rings is 4. The summed E-state index contributed by atoms with van der Waals surface area (Å²) in [5, 5.41) is 14.5. The van der Waals surface area contributed by atoms with Crippen molar-refractivity contribution < 1.29 is 0 Å². The zero-order chi connectivity index (χ0) is 25.0. The molecule has 0 spiro atoms. The minimum Gasteiger partial charge on any atom is -0.354 e. The van der Waals surface area contributed by atoms with Crippen molar-refractivity contribution in [3.63, 3.8) is 0 Å². The van der Waals surface area contributed by atoms with Crippen LogP contribution >= 0.6 is 0 Å². The third-order valence-corrected chi connectivity index (χ3v) is 6.77. The van der Waals surface area contributed by atoms with Crippen LogP contribution in [0.5, 0.6) is 0 Å². The van der Waals surface area contributed by atoms with Crippen LogP contribution in [0.4, 0.5) is 0 Å². The molecular weight excluding hydrogens is 454 g/mol. The average Bonchev–Trinajstić information content (AvgIpc) is 3.62. The highest BCUT2D eigenvalue weighted by atomic mass is 15.5. The molecule has 0 aliphatic heterocycles. The zero-order valence-electron chi connectivity index (χ0n) is 20.6. The van der Waals surface area contributed by atoms with Gasteiger partial charge >= 0.3 is 0 Å². The van der Waals surface area contributed by atoms with Crippen molar-refractivity contribution in [3.05, 3.63) is 126 Å². The molecule has 180 valence electrons. The van der Waals surface area contributed by atoms with Crippen LogP contribution in [0.3, 0.4) is 0 Å². The summed E-state index contributed by atoms with van der Waals surface area (Å²) >= 11 is 0. The first-order valence-electron chi connectivity index (χ1n) is 12.6. The number of H-pyrrole nitrogens is 2. The Morgan fingerprint density at radius 1 is 0.649 bits per heavy atom. The van der Waals surface area contributed by atoms with E-state index in [1.807, 2.05) is 0 Å². The molecule has 0 atom stereocenters. The van der Waals surface area contributed by atoms with Crippen LogP contribution in [0, 0.1) is 0 Å². The van der Waals surface area contributed by atoms with Gasteiger partial charge in [0, 0.05) is 17.5 Å². The van der Waals surface area contributed by atoms with E-state index in [2.05, 4.69) is 142 Å². The maximum absolute atomic E-state index is 4.12. The number of hydrogen-bond acceptors (Lipinski definition) is 3. The van der Waals surface area contributed by atoms with E-state index in [-0.39, 0.29) is 0 Å². The Morgan fingerprint density at radius 3 is 2.03 bits per heavy atom. The molecule has 4 aromatic carbocycles. The number of nitrogens with zero attached hydrogens (tertiary/aromatic N) is 3. The van der Waals surface area contributed by atoms with E-state index in [0.717, 1.165) is 23.2 Å². The molecule has 0 aliphatic carbocycles. The minimum atomic E-state index is 0.630. The number of hydrogen-bond donors (Lipinski definition) is 2. The first kappa shape index (κ1) is 22.7. The monoisotopic (exact) mass is 481 g/mol. The third kappa shape index (κ3) is 4.47. The lowest BCUT2D eigenvalue weighted by Crippen LogP contribution is -1.93. The van der Waals surface area contributed by atoms with Gasteiger partial charge in [-0.25, -0.2) is 0 Å². The van der Waals surface area contributed by atoms with E-state index in [4.69, 9.17) is 0 Å². The predicted molar refractivity (Wildman–Crippen MR) is 149 cm³/mol. The Balaban J connectivity index is 1.53. The summed E-state index contributed by atoms with van der Waals surface area (Å²) < 4.78 is 0. The van der Waals surface area contributed by atoms with Gasteiger partial charge in [0.15, 0.2) is 5.82 Å².